The van der Waals surface area contributed by atoms with Gasteiger partial charge in [-0.2, -0.15) is 0 Å². The number of hydrogen-bond donors (Lipinski definition) is 2. The van der Waals surface area contributed by atoms with Gasteiger partial charge in [0.2, 0.25) is 0 Å². The van der Waals surface area contributed by atoms with Gasteiger partial charge in [0.05, 0.1) is 25.3 Å². The summed E-state index contributed by atoms with van der Waals surface area (Å²) in [6, 6.07) is 31.5. The summed E-state index contributed by atoms with van der Waals surface area (Å²) in [4.78, 5) is 19.4. The summed E-state index contributed by atoms with van der Waals surface area (Å²) >= 11 is 0. The first kappa shape index (κ1) is 25.1. The molecule has 0 spiro atoms. The first-order chi connectivity index (χ1) is 19.7. The molecule has 198 valence electrons. The normalized spacial score (nSPS) is 10.9. The molecule has 0 radical (unpaired) electrons. The molecule has 0 aliphatic rings. The zero-order valence-corrected chi connectivity index (χ0v) is 22.3. The summed E-state index contributed by atoms with van der Waals surface area (Å²) in [6.07, 6.45) is 1.17. The molecule has 0 aliphatic carbocycles. The van der Waals surface area contributed by atoms with Crippen LogP contribution in [0.1, 0.15) is 11.6 Å². The molecular formula is C32H28N6O2. The van der Waals surface area contributed by atoms with E-state index in [4.69, 9.17) is 29.4 Å². The number of rotatable bonds is 9. The van der Waals surface area contributed by atoms with E-state index in [2.05, 4.69) is 10.6 Å². The molecule has 2 N–H and O–H groups in total. The van der Waals surface area contributed by atoms with Gasteiger partial charge in [0.25, 0.3) is 0 Å². The van der Waals surface area contributed by atoms with Gasteiger partial charge in [-0.05, 0) is 72.8 Å². The number of aromatic nitrogens is 4. The summed E-state index contributed by atoms with van der Waals surface area (Å²) in [6.45, 7) is 0. The second-order valence-corrected chi connectivity index (χ2v) is 9.22. The zero-order chi connectivity index (χ0) is 27.3. The highest BCUT2D eigenvalue weighted by Crippen LogP contribution is 2.27. The van der Waals surface area contributed by atoms with Crippen molar-refractivity contribution in [2.45, 2.75) is 12.8 Å². The van der Waals surface area contributed by atoms with Crippen molar-refractivity contribution in [2.24, 2.45) is 0 Å². The van der Waals surface area contributed by atoms with Crippen LogP contribution >= 0.6 is 0 Å². The van der Waals surface area contributed by atoms with E-state index < -0.39 is 0 Å². The summed E-state index contributed by atoms with van der Waals surface area (Å²) in [7, 11) is 3.31. The second kappa shape index (κ2) is 11.2. The monoisotopic (exact) mass is 528 g/mol. The van der Waals surface area contributed by atoms with Crippen LogP contribution in [0.2, 0.25) is 0 Å². The van der Waals surface area contributed by atoms with Crippen LogP contribution in [0.3, 0.4) is 0 Å². The maximum atomic E-state index is 5.29. The number of benzene rings is 4. The molecule has 0 saturated heterocycles. The number of aryl methyl sites for hydroxylation is 2. The topological polar surface area (TPSA) is 94.1 Å². The Bertz CT molecular complexity index is 1640. The molecule has 6 aromatic rings. The number of hydrogen-bond acceptors (Lipinski definition) is 8. The van der Waals surface area contributed by atoms with E-state index in [0.717, 1.165) is 68.0 Å². The Labute approximate surface area is 232 Å². The number of methoxy groups -OCH3 is 2. The molecule has 0 amide bonds. The first-order valence-electron chi connectivity index (χ1n) is 13.0. The fourth-order valence-electron chi connectivity index (χ4n) is 4.51. The third-order valence-corrected chi connectivity index (χ3v) is 6.58. The van der Waals surface area contributed by atoms with Crippen LogP contribution in [-0.4, -0.2) is 34.2 Å². The molecule has 8 nitrogen and oxygen atoms in total. The van der Waals surface area contributed by atoms with Crippen LogP contribution < -0.4 is 20.1 Å². The summed E-state index contributed by atoms with van der Waals surface area (Å²) in [5, 5.41) is 8.80. The van der Waals surface area contributed by atoms with Gasteiger partial charge >= 0.3 is 0 Å². The average Bonchev–Trinajstić information content (AvgIpc) is 3.01. The molecule has 40 heavy (non-hydrogen) atoms. The molecule has 0 atom stereocenters. The predicted octanol–water partition coefficient (Wildman–Crippen LogP) is 6.86. The van der Waals surface area contributed by atoms with Gasteiger partial charge in [0.1, 0.15) is 34.8 Å². The quantitative estimate of drug-likeness (QED) is 0.210. The van der Waals surface area contributed by atoms with Crippen LogP contribution in [-0.2, 0) is 12.8 Å². The minimum absolute atomic E-state index is 0.586. The van der Waals surface area contributed by atoms with Gasteiger partial charge in [-0.1, -0.05) is 24.3 Å². The molecular weight excluding hydrogens is 500 g/mol. The van der Waals surface area contributed by atoms with Gasteiger partial charge in [-0.3, -0.25) is 0 Å². The van der Waals surface area contributed by atoms with Crippen molar-refractivity contribution in [1.82, 2.24) is 19.9 Å². The maximum absolute atomic E-state index is 5.29. The third-order valence-electron chi connectivity index (χ3n) is 6.58. The molecule has 0 unspecified atom stereocenters. The third kappa shape index (κ3) is 5.47. The minimum atomic E-state index is 0.586. The lowest BCUT2D eigenvalue weighted by molar-refractivity contribution is 0.415. The molecule has 2 heterocycles. The number of para-hydroxylation sites is 2. The Morgan fingerprint density at radius 1 is 0.500 bits per heavy atom. The van der Waals surface area contributed by atoms with Crippen molar-refractivity contribution in [3.05, 3.63) is 109 Å². The van der Waals surface area contributed by atoms with E-state index in [1.54, 1.807) is 14.2 Å². The smallest absolute Gasteiger partial charge is 0.142 e. The van der Waals surface area contributed by atoms with Crippen LogP contribution in [0.4, 0.5) is 23.0 Å². The van der Waals surface area contributed by atoms with Gasteiger partial charge in [-0.15, -0.1) is 0 Å². The van der Waals surface area contributed by atoms with E-state index in [9.17, 15) is 0 Å². The van der Waals surface area contributed by atoms with E-state index in [1.807, 2.05) is 97.1 Å². The van der Waals surface area contributed by atoms with Gasteiger partial charge < -0.3 is 20.1 Å². The first-order valence-corrected chi connectivity index (χ1v) is 13.0. The number of ether oxygens (including phenoxy) is 2. The molecule has 6 rings (SSSR count). The number of anilines is 4. The van der Waals surface area contributed by atoms with Crippen LogP contribution in [0.5, 0.6) is 11.5 Å². The molecule has 2 aromatic heterocycles. The fourth-order valence-corrected chi connectivity index (χ4v) is 4.51. The van der Waals surface area contributed by atoms with Gasteiger partial charge in [-0.25, -0.2) is 19.9 Å². The Morgan fingerprint density at radius 2 is 0.900 bits per heavy atom. The maximum Gasteiger partial charge on any atom is 0.142 e. The van der Waals surface area contributed by atoms with Crippen molar-refractivity contribution in [3.8, 4) is 11.5 Å². The van der Waals surface area contributed by atoms with Crippen LogP contribution in [0, 0.1) is 0 Å². The molecule has 0 aliphatic heterocycles. The highest BCUT2D eigenvalue weighted by molar-refractivity contribution is 5.91. The molecule has 0 bridgehead atoms. The highest BCUT2D eigenvalue weighted by atomic mass is 16.5. The van der Waals surface area contributed by atoms with Crippen molar-refractivity contribution in [2.75, 3.05) is 24.9 Å². The summed E-state index contributed by atoms with van der Waals surface area (Å²) in [5.74, 6) is 4.55. The van der Waals surface area contributed by atoms with E-state index in [1.165, 1.54) is 0 Å². The lowest BCUT2D eigenvalue weighted by Gasteiger charge is -2.13. The standard InChI is InChI=1S/C32H28N6O2/c1-39-23-15-11-21(12-16-23)33-31-25-7-3-5-9-27(25)35-29(37-31)19-20-30-36-28-10-6-4-8-26(28)32(38-30)34-22-13-17-24(40-2)18-14-22/h3-18H,19-20H2,1-2H3,(H,33,35,37)(H,34,36,38). The van der Waals surface area contributed by atoms with Crippen LogP contribution in [0.25, 0.3) is 21.8 Å². The summed E-state index contributed by atoms with van der Waals surface area (Å²) in [5.41, 5.74) is 3.60. The Morgan fingerprint density at radius 3 is 1.30 bits per heavy atom. The Hall–Kier alpha value is -5.24. The lowest BCUT2D eigenvalue weighted by Crippen LogP contribution is -2.06. The largest absolute Gasteiger partial charge is 0.497 e. The van der Waals surface area contributed by atoms with Crippen molar-refractivity contribution < 1.29 is 9.47 Å². The fraction of sp³-hybridized carbons (Fsp3) is 0.125. The Balaban J connectivity index is 1.28. The van der Waals surface area contributed by atoms with E-state index >= 15 is 0 Å². The molecule has 0 fully saturated rings. The van der Waals surface area contributed by atoms with E-state index in [0.29, 0.717) is 12.8 Å². The predicted molar refractivity (Wildman–Crippen MR) is 159 cm³/mol. The second-order valence-electron chi connectivity index (χ2n) is 9.22. The Kier molecular flexibility index (Phi) is 7.05. The molecule has 4 aromatic carbocycles. The summed E-state index contributed by atoms with van der Waals surface area (Å²) < 4.78 is 10.6. The average molecular weight is 529 g/mol. The highest BCUT2D eigenvalue weighted by Gasteiger charge is 2.12. The van der Waals surface area contributed by atoms with E-state index in [-0.39, 0.29) is 0 Å². The number of nitrogens with one attached hydrogen (secondary N) is 2. The van der Waals surface area contributed by atoms with Gasteiger partial charge in [0, 0.05) is 35.0 Å². The van der Waals surface area contributed by atoms with Gasteiger partial charge in [0.15, 0.2) is 0 Å². The minimum Gasteiger partial charge on any atom is -0.497 e. The number of fused-ring (bicyclic) bond motifs is 2. The zero-order valence-electron chi connectivity index (χ0n) is 22.3. The molecule has 8 heteroatoms. The lowest BCUT2D eigenvalue weighted by atomic mass is 10.2. The van der Waals surface area contributed by atoms with Crippen molar-refractivity contribution in [1.29, 1.82) is 0 Å². The molecule has 0 saturated carbocycles. The van der Waals surface area contributed by atoms with Crippen molar-refractivity contribution >= 4 is 44.8 Å². The SMILES string of the molecule is COc1ccc(Nc2nc(CCc3nc(Nc4ccc(OC)cc4)c4ccccc4n3)nc3ccccc23)cc1. The van der Waals surface area contributed by atoms with Crippen LogP contribution in [0.15, 0.2) is 97.1 Å². The number of nitrogens with zero attached hydrogens (tertiary/aromatic N) is 4. The van der Waals surface area contributed by atoms with Crippen molar-refractivity contribution in [3.63, 3.8) is 0 Å².